The van der Waals surface area contributed by atoms with E-state index in [1.807, 2.05) is 7.11 Å². The lowest BCUT2D eigenvalue weighted by molar-refractivity contribution is -0.00173. The molecule has 1 fully saturated rings. The Balaban J connectivity index is 2.19. The third kappa shape index (κ3) is 3.22. The van der Waals surface area contributed by atoms with E-state index in [0.717, 1.165) is 19.4 Å². The van der Waals surface area contributed by atoms with Gasteiger partial charge in [0, 0.05) is 32.3 Å². The molecular formula is C17H28N2O. The van der Waals surface area contributed by atoms with E-state index in [9.17, 15) is 0 Å². The lowest BCUT2D eigenvalue weighted by atomic mass is 9.93. The van der Waals surface area contributed by atoms with Crippen molar-refractivity contribution in [3.8, 4) is 0 Å². The number of nitrogens with two attached hydrogens (primary N) is 1. The molecule has 3 unspecified atom stereocenters. The Bertz CT molecular complexity index is 447. The highest BCUT2D eigenvalue weighted by atomic mass is 16.5. The molecule has 20 heavy (non-hydrogen) atoms. The highest BCUT2D eigenvalue weighted by Gasteiger charge is 2.31. The average Bonchev–Trinajstić information content (AvgIpc) is 2.48. The third-order valence-corrected chi connectivity index (χ3v) is 4.70. The Hall–Kier alpha value is -0.900. The van der Waals surface area contributed by atoms with Gasteiger partial charge in [0.2, 0.25) is 0 Å². The number of piperidine rings is 1. The first kappa shape index (κ1) is 15.5. The van der Waals surface area contributed by atoms with Gasteiger partial charge >= 0.3 is 0 Å². The summed E-state index contributed by atoms with van der Waals surface area (Å²) in [6, 6.07) is 7.56. The fourth-order valence-electron chi connectivity index (χ4n) is 3.38. The van der Waals surface area contributed by atoms with Crippen molar-refractivity contribution in [3.05, 3.63) is 34.9 Å². The van der Waals surface area contributed by atoms with Crippen molar-refractivity contribution in [2.24, 2.45) is 5.73 Å². The Labute approximate surface area is 123 Å². The highest BCUT2D eigenvalue weighted by Crippen LogP contribution is 2.31. The molecule has 1 heterocycles. The van der Waals surface area contributed by atoms with E-state index in [0.29, 0.717) is 24.7 Å². The molecule has 0 radical (unpaired) electrons. The van der Waals surface area contributed by atoms with E-state index in [2.05, 4.69) is 43.9 Å². The van der Waals surface area contributed by atoms with Crippen LogP contribution in [0.15, 0.2) is 18.2 Å². The van der Waals surface area contributed by atoms with Crippen molar-refractivity contribution >= 4 is 0 Å². The van der Waals surface area contributed by atoms with Gasteiger partial charge in [0.15, 0.2) is 0 Å². The predicted octanol–water partition coefficient (Wildman–Crippen LogP) is 2.80. The molecule has 2 rings (SSSR count). The fraction of sp³-hybridized carbons (Fsp3) is 0.647. The first-order valence-electron chi connectivity index (χ1n) is 7.62. The molecule has 1 saturated heterocycles. The molecule has 0 bridgehead atoms. The molecule has 0 saturated carbocycles. The Morgan fingerprint density at radius 3 is 2.80 bits per heavy atom. The van der Waals surface area contributed by atoms with Crippen LogP contribution in [0.3, 0.4) is 0 Å². The quantitative estimate of drug-likeness (QED) is 0.919. The van der Waals surface area contributed by atoms with Gasteiger partial charge in [-0.2, -0.15) is 0 Å². The summed E-state index contributed by atoms with van der Waals surface area (Å²) < 4.78 is 5.52. The van der Waals surface area contributed by atoms with E-state index in [1.54, 1.807) is 0 Å². The van der Waals surface area contributed by atoms with Crippen molar-refractivity contribution < 1.29 is 4.74 Å². The monoisotopic (exact) mass is 276 g/mol. The molecule has 3 heteroatoms. The maximum atomic E-state index is 6.00. The summed E-state index contributed by atoms with van der Waals surface area (Å²) in [5.41, 5.74) is 10.1. The molecule has 0 aliphatic carbocycles. The van der Waals surface area contributed by atoms with Crippen LogP contribution in [-0.4, -0.2) is 37.2 Å². The molecule has 1 aromatic carbocycles. The topological polar surface area (TPSA) is 38.5 Å². The first-order chi connectivity index (χ1) is 9.56. The molecule has 0 spiro atoms. The second-order valence-electron chi connectivity index (χ2n) is 6.05. The third-order valence-electron chi connectivity index (χ3n) is 4.70. The lowest BCUT2D eigenvalue weighted by Gasteiger charge is -2.42. The van der Waals surface area contributed by atoms with Crippen molar-refractivity contribution in [2.75, 3.05) is 20.2 Å². The number of ether oxygens (including phenoxy) is 1. The van der Waals surface area contributed by atoms with E-state index in [1.165, 1.54) is 16.7 Å². The summed E-state index contributed by atoms with van der Waals surface area (Å²) >= 11 is 0. The summed E-state index contributed by atoms with van der Waals surface area (Å²) in [4.78, 5) is 2.55. The van der Waals surface area contributed by atoms with Crippen LogP contribution < -0.4 is 5.73 Å². The molecule has 1 aromatic rings. The highest BCUT2D eigenvalue weighted by molar-refractivity contribution is 5.33. The Morgan fingerprint density at radius 1 is 1.40 bits per heavy atom. The largest absolute Gasteiger partial charge is 0.381 e. The molecule has 3 atom stereocenters. The maximum Gasteiger partial charge on any atom is 0.0599 e. The number of nitrogens with zero attached hydrogens (tertiary/aromatic N) is 1. The van der Waals surface area contributed by atoms with E-state index < -0.39 is 0 Å². The SMILES string of the molecule is COC1CCN(C(C)c2cc(C)ccc2C)C(CN)C1. The zero-order chi connectivity index (χ0) is 14.7. The van der Waals surface area contributed by atoms with Gasteiger partial charge in [-0.15, -0.1) is 0 Å². The standard InChI is InChI=1S/C17H28N2O/c1-12-5-6-13(2)17(9-12)14(3)19-8-7-16(20-4)10-15(19)11-18/h5-6,9,14-16H,7-8,10-11,18H2,1-4H3. The van der Waals surface area contributed by atoms with Gasteiger partial charge in [-0.1, -0.05) is 23.8 Å². The predicted molar refractivity (Wildman–Crippen MR) is 83.9 cm³/mol. The first-order valence-corrected chi connectivity index (χ1v) is 7.62. The van der Waals surface area contributed by atoms with Gasteiger partial charge in [-0.25, -0.2) is 0 Å². The summed E-state index contributed by atoms with van der Waals surface area (Å²) in [6.45, 7) is 8.43. The summed E-state index contributed by atoms with van der Waals surface area (Å²) in [7, 11) is 1.81. The van der Waals surface area contributed by atoms with Crippen LogP contribution in [0.2, 0.25) is 0 Å². The van der Waals surface area contributed by atoms with E-state index in [-0.39, 0.29) is 0 Å². The van der Waals surface area contributed by atoms with Crippen molar-refractivity contribution in [2.45, 2.75) is 51.8 Å². The zero-order valence-electron chi connectivity index (χ0n) is 13.2. The molecule has 1 aliphatic rings. The number of aryl methyl sites for hydroxylation is 2. The summed E-state index contributed by atoms with van der Waals surface area (Å²) in [5.74, 6) is 0. The summed E-state index contributed by atoms with van der Waals surface area (Å²) in [5, 5.41) is 0. The number of hydrogen-bond acceptors (Lipinski definition) is 3. The molecule has 0 amide bonds. The minimum absolute atomic E-state index is 0.366. The van der Waals surface area contributed by atoms with Crippen LogP contribution in [0.5, 0.6) is 0 Å². The van der Waals surface area contributed by atoms with Crippen LogP contribution in [0.25, 0.3) is 0 Å². The van der Waals surface area contributed by atoms with E-state index >= 15 is 0 Å². The minimum Gasteiger partial charge on any atom is -0.381 e. The number of methoxy groups -OCH3 is 1. The van der Waals surface area contributed by atoms with Crippen LogP contribution in [0.1, 0.15) is 42.5 Å². The van der Waals surface area contributed by atoms with Crippen LogP contribution in [-0.2, 0) is 4.74 Å². The maximum absolute atomic E-state index is 6.00. The van der Waals surface area contributed by atoms with Crippen LogP contribution >= 0.6 is 0 Å². The van der Waals surface area contributed by atoms with Crippen molar-refractivity contribution in [1.29, 1.82) is 0 Å². The van der Waals surface area contributed by atoms with Gasteiger partial charge in [0.05, 0.1) is 6.10 Å². The van der Waals surface area contributed by atoms with Gasteiger partial charge < -0.3 is 10.5 Å². The van der Waals surface area contributed by atoms with E-state index in [4.69, 9.17) is 10.5 Å². The average molecular weight is 276 g/mol. The molecule has 0 aromatic heterocycles. The Morgan fingerprint density at radius 2 is 2.15 bits per heavy atom. The second kappa shape index (κ2) is 6.70. The van der Waals surface area contributed by atoms with Gasteiger partial charge in [0.1, 0.15) is 0 Å². The number of hydrogen-bond donors (Lipinski definition) is 1. The zero-order valence-corrected chi connectivity index (χ0v) is 13.2. The second-order valence-corrected chi connectivity index (χ2v) is 6.05. The number of rotatable bonds is 4. The number of likely N-dealkylation sites (tertiary alicyclic amines) is 1. The Kier molecular flexibility index (Phi) is 5.19. The molecule has 2 N–H and O–H groups in total. The van der Waals surface area contributed by atoms with Gasteiger partial charge in [-0.05, 0) is 44.7 Å². The normalized spacial score (nSPS) is 25.6. The fourth-order valence-corrected chi connectivity index (χ4v) is 3.38. The van der Waals surface area contributed by atoms with Crippen molar-refractivity contribution in [3.63, 3.8) is 0 Å². The molecule has 112 valence electrons. The molecular weight excluding hydrogens is 248 g/mol. The smallest absolute Gasteiger partial charge is 0.0599 e. The number of benzene rings is 1. The van der Waals surface area contributed by atoms with Gasteiger partial charge in [-0.3, -0.25) is 4.90 Å². The van der Waals surface area contributed by atoms with Crippen LogP contribution in [0.4, 0.5) is 0 Å². The molecule has 3 nitrogen and oxygen atoms in total. The molecule has 1 aliphatic heterocycles. The van der Waals surface area contributed by atoms with Crippen molar-refractivity contribution in [1.82, 2.24) is 4.90 Å². The minimum atomic E-state index is 0.366. The lowest BCUT2D eigenvalue weighted by Crippen LogP contribution is -2.49. The van der Waals surface area contributed by atoms with Crippen LogP contribution in [0, 0.1) is 13.8 Å². The summed E-state index contributed by atoms with van der Waals surface area (Å²) in [6.07, 6.45) is 2.51. The van der Waals surface area contributed by atoms with Gasteiger partial charge in [0.25, 0.3) is 0 Å².